The highest BCUT2D eigenvalue weighted by atomic mass is 15.1. The standard InChI is InChI=1S/C17H26N2/c1-19-11-10-15-12-14(8-9-17(15)19)13-18-16-6-4-2-3-5-7-16/h8-9,12,16,18H,2-7,10-11,13H2,1H3. The molecule has 1 N–H and O–H groups in total. The molecule has 3 rings (SSSR count). The van der Waals surface area contributed by atoms with E-state index in [1.807, 2.05) is 0 Å². The van der Waals surface area contributed by atoms with Crippen LogP contribution in [0.25, 0.3) is 0 Å². The molecular weight excluding hydrogens is 232 g/mol. The number of fused-ring (bicyclic) bond motifs is 1. The summed E-state index contributed by atoms with van der Waals surface area (Å²) in [6.45, 7) is 2.22. The van der Waals surface area contributed by atoms with Gasteiger partial charge in [0.25, 0.3) is 0 Å². The van der Waals surface area contributed by atoms with E-state index in [4.69, 9.17) is 0 Å². The van der Waals surface area contributed by atoms with Gasteiger partial charge in [0.05, 0.1) is 0 Å². The molecule has 104 valence electrons. The van der Waals surface area contributed by atoms with Gasteiger partial charge in [0, 0.05) is 31.9 Å². The monoisotopic (exact) mass is 258 g/mol. The van der Waals surface area contributed by atoms with Crippen molar-refractivity contribution in [3.05, 3.63) is 29.3 Å². The minimum Gasteiger partial charge on any atom is -0.374 e. The molecule has 1 aromatic carbocycles. The summed E-state index contributed by atoms with van der Waals surface area (Å²) in [4.78, 5) is 2.36. The highest BCUT2D eigenvalue weighted by molar-refractivity contribution is 5.58. The maximum atomic E-state index is 3.77. The van der Waals surface area contributed by atoms with Crippen molar-refractivity contribution in [2.45, 2.75) is 57.5 Å². The Balaban J connectivity index is 1.58. The third-order valence-corrected chi connectivity index (χ3v) is 4.72. The minimum absolute atomic E-state index is 0.749. The van der Waals surface area contributed by atoms with Crippen LogP contribution in [0.5, 0.6) is 0 Å². The molecule has 0 saturated heterocycles. The van der Waals surface area contributed by atoms with Crippen LogP contribution in [0.4, 0.5) is 5.69 Å². The number of rotatable bonds is 3. The van der Waals surface area contributed by atoms with Crippen molar-refractivity contribution in [1.82, 2.24) is 5.32 Å². The Morgan fingerprint density at radius 1 is 1.16 bits per heavy atom. The van der Waals surface area contributed by atoms with Gasteiger partial charge >= 0.3 is 0 Å². The van der Waals surface area contributed by atoms with Crippen LogP contribution in [0, 0.1) is 0 Å². The number of likely N-dealkylation sites (N-methyl/N-ethyl adjacent to an activating group) is 1. The van der Waals surface area contributed by atoms with Gasteiger partial charge in [0.1, 0.15) is 0 Å². The zero-order chi connectivity index (χ0) is 13.1. The number of anilines is 1. The predicted molar refractivity (Wildman–Crippen MR) is 81.7 cm³/mol. The van der Waals surface area contributed by atoms with Gasteiger partial charge < -0.3 is 10.2 Å². The normalized spacial score (nSPS) is 20.4. The van der Waals surface area contributed by atoms with E-state index in [0.29, 0.717) is 0 Å². The van der Waals surface area contributed by atoms with Crippen molar-refractivity contribution in [2.24, 2.45) is 0 Å². The van der Waals surface area contributed by atoms with Crippen molar-refractivity contribution < 1.29 is 0 Å². The maximum absolute atomic E-state index is 3.77. The van der Waals surface area contributed by atoms with Crippen LogP contribution in [0.15, 0.2) is 18.2 Å². The zero-order valence-corrected chi connectivity index (χ0v) is 12.1. The van der Waals surface area contributed by atoms with Crippen LogP contribution >= 0.6 is 0 Å². The third kappa shape index (κ3) is 3.11. The highest BCUT2D eigenvalue weighted by Gasteiger charge is 2.16. The van der Waals surface area contributed by atoms with Crippen LogP contribution in [0.2, 0.25) is 0 Å². The van der Waals surface area contributed by atoms with Gasteiger partial charge in [0.2, 0.25) is 0 Å². The Morgan fingerprint density at radius 3 is 2.74 bits per heavy atom. The second kappa shape index (κ2) is 5.96. The molecule has 1 aliphatic heterocycles. The summed E-state index contributed by atoms with van der Waals surface area (Å²) in [6, 6.07) is 7.75. The van der Waals surface area contributed by atoms with Gasteiger partial charge in [-0.15, -0.1) is 0 Å². The highest BCUT2D eigenvalue weighted by Crippen LogP contribution is 2.27. The summed E-state index contributed by atoms with van der Waals surface area (Å²) >= 11 is 0. The molecule has 2 nitrogen and oxygen atoms in total. The SMILES string of the molecule is CN1CCc2cc(CNC3CCCCCC3)ccc21. The molecule has 1 saturated carbocycles. The lowest BCUT2D eigenvalue weighted by Crippen LogP contribution is -2.27. The molecule has 2 aliphatic rings. The van der Waals surface area contributed by atoms with Crippen LogP contribution < -0.4 is 10.2 Å². The first kappa shape index (κ1) is 13.0. The van der Waals surface area contributed by atoms with E-state index in [1.165, 1.54) is 68.3 Å². The van der Waals surface area contributed by atoms with Crippen molar-refractivity contribution in [2.75, 3.05) is 18.5 Å². The second-order valence-corrected chi connectivity index (χ2v) is 6.20. The molecule has 0 unspecified atom stereocenters. The fraction of sp³-hybridized carbons (Fsp3) is 0.647. The zero-order valence-electron chi connectivity index (χ0n) is 12.1. The Kier molecular flexibility index (Phi) is 4.07. The summed E-state index contributed by atoms with van der Waals surface area (Å²) in [5.41, 5.74) is 4.42. The van der Waals surface area contributed by atoms with Crippen LogP contribution in [-0.2, 0) is 13.0 Å². The number of hydrogen-bond acceptors (Lipinski definition) is 2. The molecule has 0 radical (unpaired) electrons. The fourth-order valence-electron chi connectivity index (χ4n) is 3.48. The summed E-state index contributed by atoms with van der Waals surface area (Å²) in [5, 5.41) is 3.77. The average molecular weight is 258 g/mol. The molecule has 1 fully saturated rings. The van der Waals surface area contributed by atoms with E-state index < -0.39 is 0 Å². The topological polar surface area (TPSA) is 15.3 Å². The quantitative estimate of drug-likeness (QED) is 0.835. The summed E-state index contributed by atoms with van der Waals surface area (Å²) in [6.07, 6.45) is 9.64. The molecule has 1 aliphatic carbocycles. The van der Waals surface area contributed by atoms with Crippen molar-refractivity contribution >= 4 is 5.69 Å². The molecule has 0 spiro atoms. The van der Waals surface area contributed by atoms with Gasteiger partial charge in [-0.25, -0.2) is 0 Å². The van der Waals surface area contributed by atoms with Crippen LogP contribution in [0.1, 0.15) is 49.7 Å². The first-order valence-corrected chi connectivity index (χ1v) is 7.89. The van der Waals surface area contributed by atoms with Gasteiger partial charge in [-0.3, -0.25) is 0 Å². The molecule has 0 bridgehead atoms. The molecular formula is C17H26N2. The van der Waals surface area contributed by atoms with Crippen LogP contribution in [-0.4, -0.2) is 19.6 Å². The average Bonchev–Trinajstić information content (AvgIpc) is 2.66. The molecule has 0 amide bonds. The van der Waals surface area contributed by atoms with E-state index in [2.05, 4.69) is 35.5 Å². The lowest BCUT2D eigenvalue weighted by atomic mass is 10.1. The Labute approximate surface area is 117 Å². The smallest absolute Gasteiger partial charge is 0.0397 e. The van der Waals surface area contributed by atoms with Crippen LogP contribution in [0.3, 0.4) is 0 Å². The summed E-state index contributed by atoms with van der Waals surface area (Å²) in [7, 11) is 2.19. The predicted octanol–water partition coefficient (Wildman–Crippen LogP) is 3.49. The van der Waals surface area contributed by atoms with E-state index in [9.17, 15) is 0 Å². The molecule has 1 heterocycles. The lowest BCUT2D eigenvalue weighted by Gasteiger charge is -2.17. The Morgan fingerprint density at radius 2 is 1.95 bits per heavy atom. The van der Waals surface area contributed by atoms with Gasteiger partial charge in [0.15, 0.2) is 0 Å². The number of benzene rings is 1. The molecule has 0 aromatic heterocycles. The van der Waals surface area contributed by atoms with E-state index in [0.717, 1.165) is 12.6 Å². The number of hydrogen-bond donors (Lipinski definition) is 1. The molecule has 19 heavy (non-hydrogen) atoms. The van der Waals surface area contributed by atoms with E-state index >= 15 is 0 Å². The first-order chi connectivity index (χ1) is 9.33. The number of nitrogens with one attached hydrogen (secondary N) is 1. The molecule has 0 atom stereocenters. The molecule has 1 aromatic rings. The van der Waals surface area contributed by atoms with Crippen molar-refractivity contribution in [1.29, 1.82) is 0 Å². The van der Waals surface area contributed by atoms with Gasteiger partial charge in [-0.05, 0) is 36.5 Å². The largest absolute Gasteiger partial charge is 0.374 e. The van der Waals surface area contributed by atoms with E-state index in [1.54, 1.807) is 0 Å². The van der Waals surface area contributed by atoms with E-state index in [-0.39, 0.29) is 0 Å². The Bertz CT molecular complexity index is 419. The summed E-state index contributed by atoms with van der Waals surface area (Å²) < 4.78 is 0. The third-order valence-electron chi connectivity index (χ3n) is 4.72. The van der Waals surface area contributed by atoms with Crippen molar-refractivity contribution in [3.63, 3.8) is 0 Å². The second-order valence-electron chi connectivity index (χ2n) is 6.20. The maximum Gasteiger partial charge on any atom is 0.0397 e. The minimum atomic E-state index is 0.749. The first-order valence-electron chi connectivity index (χ1n) is 7.89. The lowest BCUT2D eigenvalue weighted by molar-refractivity contribution is 0.459. The van der Waals surface area contributed by atoms with Crippen molar-refractivity contribution in [3.8, 4) is 0 Å². The summed E-state index contributed by atoms with van der Waals surface area (Å²) in [5.74, 6) is 0. The van der Waals surface area contributed by atoms with Gasteiger partial charge in [-0.1, -0.05) is 37.8 Å². The van der Waals surface area contributed by atoms with Gasteiger partial charge in [-0.2, -0.15) is 0 Å². The Hall–Kier alpha value is -1.02. The number of nitrogens with zero attached hydrogens (tertiary/aromatic N) is 1. The fourth-order valence-corrected chi connectivity index (χ4v) is 3.48. The molecule has 2 heteroatoms.